The highest BCUT2D eigenvalue weighted by Crippen LogP contribution is 1.79. The fourth-order valence-electron chi connectivity index (χ4n) is 0.638. The lowest BCUT2D eigenvalue weighted by atomic mass is 10.5. The van der Waals surface area contributed by atoms with Gasteiger partial charge in [-0.25, -0.2) is 4.73 Å². The van der Waals surface area contributed by atoms with Crippen LogP contribution in [0.4, 0.5) is 0 Å². The Morgan fingerprint density at radius 1 is 0.833 bits per heavy atom. The molecule has 0 saturated carbocycles. The molecule has 0 aliphatic heterocycles. The van der Waals surface area contributed by atoms with Gasteiger partial charge in [0, 0.05) is 24.8 Å². The van der Waals surface area contributed by atoms with Gasteiger partial charge in [0.2, 0.25) is 0 Å². The predicted molar refractivity (Wildman–Crippen MR) is 45.9 cm³/mol. The molecular formula is C9H10N2O. The van der Waals surface area contributed by atoms with Crippen LogP contribution < -0.4 is 0 Å². The quantitative estimate of drug-likeness (QED) is 0.600. The first-order valence-corrected chi connectivity index (χ1v) is 3.57. The molecule has 0 bridgehead atoms. The van der Waals surface area contributed by atoms with Crippen LogP contribution >= 0.6 is 0 Å². The van der Waals surface area contributed by atoms with Crippen LogP contribution in [0.2, 0.25) is 0 Å². The molecule has 0 radical (unpaired) electrons. The predicted octanol–water partition coefficient (Wildman–Crippen LogP) is 1.81. The minimum absolute atomic E-state index is 1.00. The van der Waals surface area contributed by atoms with Gasteiger partial charge in [-0.2, -0.15) is 0 Å². The first-order chi connectivity index (χ1) is 5.89. The maximum atomic E-state index is 8.39. The second-order valence-electron chi connectivity index (χ2n) is 2.09. The standard InChI is InChI=1S/C5H5N.C4H5NO/c1-2-4-6-5-3-1;6-5-3-1-2-4-5/h1-5H;1-4,6H. The first-order valence-electron chi connectivity index (χ1n) is 3.57. The van der Waals surface area contributed by atoms with E-state index in [9.17, 15) is 0 Å². The summed E-state index contributed by atoms with van der Waals surface area (Å²) in [4.78, 5) is 3.78. The summed E-state index contributed by atoms with van der Waals surface area (Å²) in [5, 5.41) is 8.39. The summed E-state index contributed by atoms with van der Waals surface area (Å²) >= 11 is 0. The average molecular weight is 162 g/mol. The fraction of sp³-hybridized carbons (Fsp3) is 0. The van der Waals surface area contributed by atoms with E-state index < -0.39 is 0 Å². The van der Waals surface area contributed by atoms with E-state index in [4.69, 9.17) is 5.21 Å². The van der Waals surface area contributed by atoms with E-state index in [-0.39, 0.29) is 0 Å². The molecule has 12 heavy (non-hydrogen) atoms. The first kappa shape index (κ1) is 8.33. The van der Waals surface area contributed by atoms with Crippen LogP contribution in [0.1, 0.15) is 0 Å². The molecule has 0 fully saturated rings. The van der Waals surface area contributed by atoms with Crippen molar-refractivity contribution in [3.8, 4) is 0 Å². The molecule has 2 aromatic heterocycles. The molecule has 0 aliphatic carbocycles. The van der Waals surface area contributed by atoms with E-state index in [1.807, 2.05) is 18.2 Å². The van der Waals surface area contributed by atoms with Crippen molar-refractivity contribution in [1.82, 2.24) is 9.71 Å². The molecule has 2 rings (SSSR count). The lowest BCUT2D eigenvalue weighted by Crippen LogP contribution is -1.78. The number of hydrogen-bond donors (Lipinski definition) is 1. The van der Waals surface area contributed by atoms with Crippen LogP contribution in [0.25, 0.3) is 0 Å². The van der Waals surface area contributed by atoms with Crippen LogP contribution in [-0.2, 0) is 0 Å². The zero-order chi connectivity index (χ0) is 8.65. The van der Waals surface area contributed by atoms with Crippen LogP contribution in [0.5, 0.6) is 0 Å². The Balaban J connectivity index is 0.000000120. The molecule has 0 aromatic carbocycles. The number of aromatic nitrogens is 2. The van der Waals surface area contributed by atoms with Crippen molar-refractivity contribution in [2.45, 2.75) is 0 Å². The summed E-state index contributed by atoms with van der Waals surface area (Å²) in [7, 11) is 0. The summed E-state index contributed by atoms with van der Waals surface area (Å²) in [6, 6.07) is 9.22. The number of rotatable bonds is 0. The topological polar surface area (TPSA) is 38.0 Å². The Bertz CT molecular complexity index is 252. The molecule has 2 aromatic rings. The molecular weight excluding hydrogens is 152 g/mol. The average Bonchev–Trinajstić information content (AvgIpc) is 2.60. The summed E-state index contributed by atoms with van der Waals surface area (Å²) in [6.45, 7) is 0. The fourth-order valence-corrected chi connectivity index (χ4v) is 0.638. The highest BCUT2D eigenvalue weighted by atomic mass is 16.5. The van der Waals surface area contributed by atoms with Crippen molar-refractivity contribution in [2.75, 3.05) is 0 Å². The third-order valence-corrected chi connectivity index (χ3v) is 1.16. The van der Waals surface area contributed by atoms with Crippen LogP contribution in [0.15, 0.2) is 55.1 Å². The molecule has 3 nitrogen and oxygen atoms in total. The molecule has 0 aliphatic rings. The summed E-state index contributed by atoms with van der Waals surface area (Å²) in [5.74, 6) is 0. The third-order valence-electron chi connectivity index (χ3n) is 1.16. The Hall–Kier alpha value is -1.77. The van der Waals surface area contributed by atoms with E-state index in [0.29, 0.717) is 0 Å². The molecule has 0 spiro atoms. The molecule has 1 N–H and O–H groups in total. The maximum absolute atomic E-state index is 8.39. The highest BCUT2D eigenvalue weighted by molar-refractivity contribution is 4.88. The zero-order valence-corrected chi connectivity index (χ0v) is 6.54. The maximum Gasteiger partial charge on any atom is 0.0432 e. The van der Waals surface area contributed by atoms with Crippen molar-refractivity contribution in [3.63, 3.8) is 0 Å². The highest BCUT2D eigenvalue weighted by Gasteiger charge is 1.70. The van der Waals surface area contributed by atoms with Gasteiger partial charge in [-0.3, -0.25) is 4.98 Å². The van der Waals surface area contributed by atoms with Gasteiger partial charge >= 0.3 is 0 Å². The number of nitrogens with zero attached hydrogens (tertiary/aromatic N) is 2. The lowest BCUT2D eigenvalue weighted by Gasteiger charge is -1.79. The van der Waals surface area contributed by atoms with E-state index >= 15 is 0 Å². The van der Waals surface area contributed by atoms with Gasteiger partial charge in [-0.1, -0.05) is 6.07 Å². The van der Waals surface area contributed by atoms with Crippen molar-refractivity contribution >= 4 is 0 Å². The zero-order valence-electron chi connectivity index (χ0n) is 6.54. The molecule has 3 heteroatoms. The molecule has 2 heterocycles. The summed E-state index contributed by atoms with van der Waals surface area (Å²) in [5.41, 5.74) is 0. The molecule has 62 valence electrons. The van der Waals surface area contributed by atoms with Gasteiger partial charge in [-0.05, 0) is 24.3 Å². The molecule has 0 saturated heterocycles. The van der Waals surface area contributed by atoms with Gasteiger partial charge in [0.1, 0.15) is 0 Å². The molecule has 0 amide bonds. The van der Waals surface area contributed by atoms with Gasteiger partial charge in [0.25, 0.3) is 0 Å². The van der Waals surface area contributed by atoms with Gasteiger partial charge in [-0.15, -0.1) is 0 Å². The van der Waals surface area contributed by atoms with E-state index in [1.165, 1.54) is 0 Å². The van der Waals surface area contributed by atoms with Crippen molar-refractivity contribution in [3.05, 3.63) is 55.1 Å². The molecule has 0 unspecified atom stereocenters. The Morgan fingerprint density at radius 2 is 1.42 bits per heavy atom. The van der Waals surface area contributed by atoms with Crippen LogP contribution in [0.3, 0.4) is 0 Å². The van der Waals surface area contributed by atoms with Crippen molar-refractivity contribution in [2.24, 2.45) is 0 Å². The second kappa shape index (κ2) is 4.96. The van der Waals surface area contributed by atoms with Gasteiger partial charge in [0.15, 0.2) is 0 Å². The summed E-state index contributed by atoms with van der Waals surface area (Å²) < 4.78 is 1.00. The van der Waals surface area contributed by atoms with E-state index in [1.54, 1.807) is 36.9 Å². The van der Waals surface area contributed by atoms with Gasteiger partial charge < -0.3 is 5.21 Å². The molecule has 0 atom stereocenters. The van der Waals surface area contributed by atoms with Gasteiger partial charge in [0.05, 0.1) is 0 Å². The minimum Gasteiger partial charge on any atom is -0.429 e. The van der Waals surface area contributed by atoms with Crippen molar-refractivity contribution in [1.29, 1.82) is 0 Å². The van der Waals surface area contributed by atoms with E-state index in [2.05, 4.69) is 4.98 Å². The van der Waals surface area contributed by atoms with Crippen LogP contribution in [-0.4, -0.2) is 14.9 Å². The Morgan fingerprint density at radius 3 is 1.58 bits per heavy atom. The lowest BCUT2D eigenvalue weighted by molar-refractivity contribution is 0.187. The number of pyridine rings is 1. The third kappa shape index (κ3) is 3.41. The van der Waals surface area contributed by atoms with Crippen molar-refractivity contribution < 1.29 is 5.21 Å². The summed E-state index contributed by atoms with van der Waals surface area (Å²) in [6.07, 6.45) is 6.61. The largest absolute Gasteiger partial charge is 0.429 e. The smallest absolute Gasteiger partial charge is 0.0432 e. The Kier molecular flexibility index (Phi) is 3.44. The second-order valence-corrected chi connectivity index (χ2v) is 2.09. The van der Waals surface area contributed by atoms with E-state index in [0.717, 1.165) is 4.73 Å². The number of hydrogen-bond acceptors (Lipinski definition) is 2. The normalized spacial score (nSPS) is 8.33. The Labute approximate surface area is 70.9 Å². The SMILES string of the molecule is On1cccc1.c1ccncc1. The van der Waals surface area contributed by atoms with Crippen LogP contribution in [0, 0.1) is 0 Å². The monoisotopic (exact) mass is 162 g/mol. The minimum atomic E-state index is 1.00.